The Morgan fingerprint density at radius 1 is 1.12 bits per heavy atom. The Kier molecular flexibility index (Phi) is 4.87. The van der Waals surface area contributed by atoms with Crippen molar-refractivity contribution >= 4 is 32.8 Å². The van der Waals surface area contributed by atoms with Gasteiger partial charge in [-0.2, -0.15) is 4.73 Å². The van der Waals surface area contributed by atoms with Crippen LogP contribution in [0.4, 0.5) is 0 Å². The Morgan fingerprint density at radius 2 is 1.88 bits per heavy atom. The minimum atomic E-state index is -0.612. The van der Waals surface area contributed by atoms with Crippen molar-refractivity contribution in [3.8, 4) is 0 Å². The first-order valence-corrected chi connectivity index (χ1v) is 8.13. The summed E-state index contributed by atoms with van der Waals surface area (Å²) in [6.45, 7) is 0.579. The third-order valence-electron chi connectivity index (χ3n) is 3.76. The lowest BCUT2D eigenvalue weighted by molar-refractivity contribution is 0.0539. The second-order valence-electron chi connectivity index (χ2n) is 5.24. The number of carbonyl (C=O) groups is 1. The predicted octanol–water partition coefficient (Wildman–Crippen LogP) is 4.14. The Labute approximate surface area is 147 Å². The molecule has 0 unspecified atom stereocenters. The van der Waals surface area contributed by atoms with Crippen molar-refractivity contribution in [3.63, 3.8) is 0 Å². The molecule has 5 nitrogen and oxygen atoms in total. The maximum absolute atomic E-state index is 12.1. The zero-order valence-corrected chi connectivity index (χ0v) is 14.6. The normalized spacial score (nSPS) is 10.9. The summed E-state index contributed by atoms with van der Waals surface area (Å²) in [5.41, 5.74) is 2.21. The van der Waals surface area contributed by atoms with E-state index in [-0.39, 0.29) is 12.3 Å². The van der Waals surface area contributed by atoms with Gasteiger partial charge in [-0.1, -0.05) is 52.3 Å². The summed E-state index contributed by atoms with van der Waals surface area (Å²) in [7, 11) is 1.28. The van der Waals surface area contributed by atoms with Crippen LogP contribution in [0.25, 0.3) is 10.9 Å². The molecular formula is C18H16BrNO4. The number of rotatable bonds is 5. The van der Waals surface area contributed by atoms with Crippen molar-refractivity contribution < 1.29 is 19.5 Å². The maximum Gasteiger partial charge on any atom is 0.358 e. The minimum Gasteiger partial charge on any atom is -0.464 e. The Bertz CT molecular complexity index is 874. The van der Waals surface area contributed by atoms with E-state index in [1.54, 1.807) is 12.1 Å². The number of hydrogen-bond acceptors (Lipinski definition) is 4. The number of benzene rings is 2. The maximum atomic E-state index is 12.1. The summed E-state index contributed by atoms with van der Waals surface area (Å²) < 4.78 is 12.2. The molecule has 0 atom stereocenters. The molecule has 6 heteroatoms. The van der Waals surface area contributed by atoms with Gasteiger partial charge in [-0.15, -0.1) is 0 Å². The van der Waals surface area contributed by atoms with Gasteiger partial charge in [0.1, 0.15) is 0 Å². The molecular weight excluding hydrogens is 374 g/mol. The van der Waals surface area contributed by atoms with Crippen molar-refractivity contribution in [1.82, 2.24) is 4.73 Å². The number of halogens is 1. The molecule has 1 heterocycles. The monoisotopic (exact) mass is 389 g/mol. The quantitative estimate of drug-likeness (QED) is 0.526. The standard InChI is InChI=1S/C18H16BrNO4/c1-23-18(21)17-13(11-24-10-12-6-3-2-4-7-12)16-14(19)8-5-9-15(16)20(17)22/h2-9,22H,10-11H2,1H3. The van der Waals surface area contributed by atoms with Crippen LogP contribution in [-0.4, -0.2) is 23.0 Å². The molecule has 2 aromatic carbocycles. The highest BCUT2D eigenvalue weighted by atomic mass is 79.9. The minimum absolute atomic E-state index is 0.0764. The van der Waals surface area contributed by atoms with E-state index in [1.807, 2.05) is 36.4 Å². The largest absolute Gasteiger partial charge is 0.464 e. The smallest absolute Gasteiger partial charge is 0.358 e. The molecule has 24 heavy (non-hydrogen) atoms. The van der Waals surface area contributed by atoms with Crippen molar-refractivity contribution in [2.75, 3.05) is 7.11 Å². The van der Waals surface area contributed by atoms with Crippen molar-refractivity contribution in [3.05, 3.63) is 69.8 Å². The summed E-state index contributed by atoms with van der Waals surface area (Å²) in [6.07, 6.45) is 0. The van der Waals surface area contributed by atoms with E-state index in [0.717, 1.165) is 20.2 Å². The van der Waals surface area contributed by atoms with Gasteiger partial charge in [0, 0.05) is 15.4 Å². The first-order chi connectivity index (χ1) is 11.6. The van der Waals surface area contributed by atoms with Crippen LogP contribution in [0, 0.1) is 0 Å². The molecule has 0 saturated carbocycles. The molecule has 3 aromatic rings. The van der Waals surface area contributed by atoms with E-state index < -0.39 is 5.97 Å². The fourth-order valence-electron chi connectivity index (χ4n) is 2.65. The summed E-state index contributed by atoms with van der Waals surface area (Å²) in [4.78, 5) is 12.1. The van der Waals surface area contributed by atoms with E-state index in [1.165, 1.54) is 7.11 Å². The van der Waals surface area contributed by atoms with E-state index >= 15 is 0 Å². The zero-order chi connectivity index (χ0) is 17.1. The highest BCUT2D eigenvalue weighted by molar-refractivity contribution is 9.10. The van der Waals surface area contributed by atoms with Gasteiger partial charge in [-0.05, 0) is 17.7 Å². The molecule has 0 fully saturated rings. The molecule has 1 N–H and O–H groups in total. The fourth-order valence-corrected chi connectivity index (χ4v) is 3.24. The van der Waals surface area contributed by atoms with Crippen LogP contribution in [0.3, 0.4) is 0 Å². The Hall–Kier alpha value is -2.31. The van der Waals surface area contributed by atoms with E-state index in [9.17, 15) is 10.0 Å². The van der Waals surface area contributed by atoms with Crippen LogP contribution >= 0.6 is 15.9 Å². The number of nitrogens with zero attached hydrogens (tertiary/aromatic N) is 1. The summed E-state index contributed by atoms with van der Waals surface area (Å²) in [5.74, 6) is -0.612. The van der Waals surface area contributed by atoms with Crippen molar-refractivity contribution in [1.29, 1.82) is 0 Å². The SMILES string of the molecule is COC(=O)c1c(COCc2ccccc2)c2c(Br)cccc2n1O. The van der Waals surface area contributed by atoms with Gasteiger partial charge in [-0.25, -0.2) is 4.79 Å². The van der Waals surface area contributed by atoms with Gasteiger partial charge in [0.15, 0.2) is 5.69 Å². The van der Waals surface area contributed by atoms with Crippen LogP contribution < -0.4 is 0 Å². The summed E-state index contributed by atoms with van der Waals surface area (Å²) in [5, 5.41) is 11.1. The summed E-state index contributed by atoms with van der Waals surface area (Å²) >= 11 is 3.47. The lowest BCUT2D eigenvalue weighted by Gasteiger charge is -2.07. The Morgan fingerprint density at radius 3 is 2.58 bits per heavy atom. The summed E-state index contributed by atoms with van der Waals surface area (Å²) in [6, 6.07) is 15.1. The van der Waals surface area contributed by atoms with Crippen LogP contribution in [0.1, 0.15) is 21.6 Å². The molecule has 0 aliphatic rings. The number of aromatic nitrogens is 1. The lowest BCUT2D eigenvalue weighted by atomic mass is 10.1. The van der Waals surface area contributed by atoms with Gasteiger partial charge < -0.3 is 14.7 Å². The molecule has 0 radical (unpaired) electrons. The fraction of sp³-hybridized carbons (Fsp3) is 0.167. The average molecular weight is 390 g/mol. The second-order valence-corrected chi connectivity index (χ2v) is 6.10. The molecule has 0 aliphatic heterocycles. The number of fused-ring (bicyclic) bond motifs is 1. The van der Waals surface area contributed by atoms with Crippen LogP contribution in [0.15, 0.2) is 53.0 Å². The number of hydrogen-bond donors (Lipinski definition) is 1. The van der Waals surface area contributed by atoms with Crippen molar-refractivity contribution in [2.45, 2.75) is 13.2 Å². The topological polar surface area (TPSA) is 60.7 Å². The first-order valence-electron chi connectivity index (χ1n) is 7.34. The average Bonchev–Trinajstić information content (AvgIpc) is 2.89. The molecule has 3 rings (SSSR count). The molecule has 0 saturated heterocycles. The second kappa shape index (κ2) is 7.07. The van der Waals surface area contributed by atoms with E-state index in [0.29, 0.717) is 17.7 Å². The number of methoxy groups -OCH3 is 1. The van der Waals surface area contributed by atoms with Crippen LogP contribution in [0.2, 0.25) is 0 Å². The van der Waals surface area contributed by atoms with Gasteiger partial charge in [-0.3, -0.25) is 0 Å². The molecule has 124 valence electrons. The van der Waals surface area contributed by atoms with Gasteiger partial charge in [0.25, 0.3) is 0 Å². The predicted molar refractivity (Wildman–Crippen MR) is 93.1 cm³/mol. The molecule has 0 spiro atoms. The molecule has 0 aliphatic carbocycles. The third-order valence-corrected chi connectivity index (χ3v) is 4.42. The molecule has 1 aromatic heterocycles. The van der Waals surface area contributed by atoms with Gasteiger partial charge in [0.05, 0.1) is 25.8 Å². The number of ether oxygens (including phenoxy) is 2. The Balaban J connectivity index is 1.97. The van der Waals surface area contributed by atoms with Gasteiger partial charge >= 0.3 is 5.97 Å². The van der Waals surface area contributed by atoms with Gasteiger partial charge in [0.2, 0.25) is 0 Å². The van der Waals surface area contributed by atoms with Crippen molar-refractivity contribution in [2.24, 2.45) is 0 Å². The first kappa shape index (κ1) is 16.5. The zero-order valence-electron chi connectivity index (χ0n) is 13.0. The highest BCUT2D eigenvalue weighted by Gasteiger charge is 2.25. The van der Waals surface area contributed by atoms with Crippen LogP contribution in [0.5, 0.6) is 0 Å². The number of carbonyl (C=O) groups excluding carboxylic acids is 1. The third kappa shape index (κ3) is 3.02. The lowest BCUT2D eigenvalue weighted by Crippen LogP contribution is -2.11. The molecule has 0 amide bonds. The van der Waals surface area contributed by atoms with Crippen LogP contribution in [-0.2, 0) is 22.7 Å². The molecule has 0 bridgehead atoms. The highest BCUT2D eigenvalue weighted by Crippen LogP contribution is 2.32. The van der Waals surface area contributed by atoms with E-state index in [2.05, 4.69) is 15.9 Å². The number of esters is 1. The van der Waals surface area contributed by atoms with E-state index in [4.69, 9.17) is 9.47 Å².